The molecule has 0 aliphatic heterocycles. The summed E-state index contributed by atoms with van der Waals surface area (Å²) >= 11 is 0. The van der Waals surface area contributed by atoms with Gasteiger partial charge in [0.2, 0.25) is 5.89 Å². The van der Waals surface area contributed by atoms with Gasteiger partial charge in [0.05, 0.1) is 12.7 Å². The minimum absolute atomic E-state index is 0.169. The van der Waals surface area contributed by atoms with Gasteiger partial charge in [0, 0.05) is 11.3 Å². The van der Waals surface area contributed by atoms with Crippen LogP contribution in [-0.4, -0.2) is 29.2 Å². The number of anilines is 1. The molecule has 0 saturated heterocycles. The van der Waals surface area contributed by atoms with Gasteiger partial charge < -0.3 is 14.5 Å². The molecule has 1 amide bonds. The largest absolute Gasteiger partial charge is 0.465 e. The van der Waals surface area contributed by atoms with Crippen molar-refractivity contribution >= 4 is 17.6 Å². The second kappa shape index (κ2) is 6.74. The molecule has 0 bridgehead atoms. The van der Waals surface area contributed by atoms with Crippen LogP contribution in [0.3, 0.4) is 0 Å². The fourth-order valence-corrected chi connectivity index (χ4v) is 2.04. The van der Waals surface area contributed by atoms with Crippen LogP contribution in [-0.2, 0) is 4.74 Å². The van der Waals surface area contributed by atoms with Crippen LogP contribution in [0.5, 0.6) is 0 Å². The van der Waals surface area contributed by atoms with Crippen molar-refractivity contribution < 1.29 is 18.7 Å². The number of rotatable bonds is 4. The molecule has 0 aliphatic carbocycles. The zero-order chi connectivity index (χ0) is 16.9. The first-order valence-corrected chi connectivity index (χ1v) is 7.06. The first-order valence-electron chi connectivity index (χ1n) is 7.06. The van der Waals surface area contributed by atoms with Gasteiger partial charge in [0.15, 0.2) is 0 Å². The molecule has 1 N–H and O–H groups in total. The Morgan fingerprint density at radius 3 is 2.58 bits per heavy atom. The zero-order valence-electron chi connectivity index (χ0n) is 12.7. The van der Waals surface area contributed by atoms with Crippen molar-refractivity contribution in [2.45, 2.75) is 0 Å². The van der Waals surface area contributed by atoms with Gasteiger partial charge in [-0.15, -0.1) is 10.2 Å². The van der Waals surface area contributed by atoms with Crippen LogP contribution in [0.25, 0.3) is 11.5 Å². The van der Waals surface area contributed by atoms with Gasteiger partial charge in [0.1, 0.15) is 0 Å². The number of carbonyl (C=O) groups is 2. The molecule has 3 rings (SSSR count). The molecule has 120 valence electrons. The summed E-state index contributed by atoms with van der Waals surface area (Å²) in [5.74, 6) is -0.969. The number of hydrogen-bond acceptors (Lipinski definition) is 6. The molecular weight excluding hydrogens is 310 g/mol. The molecule has 7 nitrogen and oxygen atoms in total. The number of benzene rings is 2. The van der Waals surface area contributed by atoms with Gasteiger partial charge in [-0.25, -0.2) is 4.79 Å². The standard InChI is InChI=1S/C17H13N3O4/c1-23-17(22)12-8-5-9-13(10-12)18-14(21)16-20-19-15(24-16)11-6-3-2-4-7-11/h2-10H,1H3,(H,18,21). The van der Waals surface area contributed by atoms with Gasteiger partial charge in [-0.3, -0.25) is 4.79 Å². The minimum atomic E-state index is -0.563. The molecule has 24 heavy (non-hydrogen) atoms. The molecule has 0 saturated carbocycles. The van der Waals surface area contributed by atoms with E-state index in [9.17, 15) is 9.59 Å². The monoisotopic (exact) mass is 323 g/mol. The van der Waals surface area contributed by atoms with E-state index >= 15 is 0 Å². The minimum Gasteiger partial charge on any atom is -0.465 e. The van der Waals surface area contributed by atoms with Gasteiger partial charge in [-0.2, -0.15) is 0 Å². The highest BCUT2D eigenvalue weighted by molar-refractivity contribution is 6.01. The van der Waals surface area contributed by atoms with Gasteiger partial charge in [-0.1, -0.05) is 24.3 Å². The first-order chi connectivity index (χ1) is 11.7. The van der Waals surface area contributed by atoms with Crippen LogP contribution in [0.2, 0.25) is 0 Å². The van der Waals surface area contributed by atoms with E-state index in [1.807, 2.05) is 18.2 Å². The summed E-state index contributed by atoms with van der Waals surface area (Å²) in [6.07, 6.45) is 0. The Morgan fingerprint density at radius 1 is 1.04 bits per heavy atom. The molecule has 3 aromatic rings. The van der Waals surface area contributed by atoms with Crippen molar-refractivity contribution in [3.8, 4) is 11.5 Å². The fraction of sp³-hybridized carbons (Fsp3) is 0.0588. The number of hydrogen-bond donors (Lipinski definition) is 1. The third-order valence-corrected chi connectivity index (χ3v) is 3.18. The molecule has 1 aromatic heterocycles. The molecule has 0 atom stereocenters. The van der Waals surface area contributed by atoms with Crippen molar-refractivity contribution in [1.29, 1.82) is 0 Å². The SMILES string of the molecule is COC(=O)c1cccc(NC(=O)c2nnc(-c3ccccc3)o2)c1. The molecular formula is C17H13N3O4. The summed E-state index contributed by atoms with van der Waals surface area (Å²) in [5, 5.41) is 10.2. The van der Waals surface area contributed by atoms with E-state index in [-0.39, 0.29) is 11.8 Å². The maximum absolute atomic E-state index is 12.2. The van der Waals surface area contributed by atoms with E-state index in [0.29, 0.717) is 11.3 Å². The molecule has 7 heteroatoms. The van der Waals surface area contributed by atoms with Gasteiger partial charge in [0.25, 0.3) is 0 Å². The lowest BCUT2D eigenvalue weighted by molar-refractivity contribution is 0.0600. The molecule has 0 unspecified atom stereocenters. The average molecular weight is 323 g/mol. The Bertz CT molecular complexity index is 874. The topological polar surface area (TPSA) is 94.3 Å². The Morgan fingerprint density at radius 2 is 1.83 bits per heavy atom. The molecule has 0 fully saturated rings. The summed E-state index contributed by atoms with van der Waals surface area (Å²) in [4.78, 5) is 23.7. The van der Waals surface area contributed by atoms with Crippen molar-refractivity contribution in [3.63, 3.8) is 0 Å². The molecule has 2 aromatic carbocycles. The highest BCUT2D eigenvalue weighted by Crippen LogP contribution is 2.18. The number of nitrogens with one attached hydrogen (secondary N) is 1. The Kier molecular flexibility index (Phi) is 4.33. The number of ether oxygens (including phenoxy) is 1. The zero-order valence-corrected chi connectivity index (χ0v) is 12.7. The lowest BCUT2D eigenvalue weighted by Crippen LogP contribution is -2.13. The van der Waals surface area contributed by atoms with Crippen LogP contribution >= 0.6 is 0 Å². The van der Waals surface area contributed by atoms with Crippen LogP contribution < -0.4 is 5.32 Å². The van der Waals surface area contributed by atoms with Crippen molar-refractivity contribution in [2.24, 2.45) is 0 Å². The van der Waals surface area contributed by atoms with E-state index in [0.717, 1.165) is 5.56 Å². The van der Waals surface area contributed by atoms with Gasteiger partial charge >= 0.3 is 17.8 Å². The highest BCUT2D eigenvalue weighted by atomic mass is 16.5. The Labute approximate surface area is 137 Å². The van der Waals surface area contributed by atoms with E-state index in [1.54, 1.807) is 30.3 Å². The maximum Gasteiger partial charge on any atom is 0.337 e. The van der Waals surface area contributed by atoms with Crippen LogP contribution in [0.1, 0.15) is 21.0 Å². The predicted molar refractivity (Wildman–Crippen MR) is 85.5 cm³/mol. The highest BCUT2D eigenvalue weighted by Gasteiger charge is 2.16. The quantitative estimate of drug-likeness (QED) is 0.742. The maximum atomic E-state index is 12.2. The number of nitrogens with zero attached hydrogens (tertiary/aromatic N) is 2. The molecule has 0 radical (unpaired) electrons. The summed E-state index contributed by atoms with van der Waals surface area (Å²) < 4.78 is 10.0. The second-order valence-corrected chi connectivity index (χ2v) is 4.80. The van der Waals surface area contributed by atoms with E-state index in [1.165, 1.54) is 13.2 Å². The fourth-order valence-electron chi connectivity index (χ4n) is 2.04. The third kappa shape index (κ3) is 3.30. The summed E-state index contributed by atoms with van der Waals surface area (Å²) in [7, 11) is 1.29. The normalized spacial score (nSPS) is 10.2. The lowest BCUT2D eigenvalue weighted by Gasteiger charge is -2.04. The predicted octanol–water partition coefficient (Wildman–Crippen LogP) is 2.78. The van der Waals surface area contributed by atoms with Gasteiger partial charge in [-0.05, 0) is 30.3 Å². The smallest absolute Gasteiger partial charge is 0.337 e. The van der Waals surface area contributed by atoms with Crippen molar-refractivity contribution in [3.05, 3.63) is 66.1 Å². The number of methoxy groups -OCH3 is 1. The first kappa shape index (κ1) is 15.4. The van der Waals surface area contributed by atoms with Crippen molar-refractivity contribution in [2.75, 3.05) is 12.4 Å². The Balaban J connectivity index is 1.76. The average Bonchev–Trinajstić information content (AvgIpc) is 3.12. The Hall–Kier alpha value is -3.48. The second-order valence-electron chi connectivity index (χ2n) is 4.80. The molecule has 0 spiro atoms. The van der Waals surface area contributed by atoms with E-state index in [4.69, 9.17) is 4.42 Å². The number of esters is 1. The van der Waals surface area contributed by atoms with E-state index in [2.05, 4.69) is 20.3 Å². The number of aromatic nitrogens is 2. The number of carbonyl (C=O) groups excluding carboxylic acids is 2. The van der Waals surface area contributed by atoms with Crippen LogP contribution in [0.15, 0.2) is 59.0 Å². The van der Waals surface area contributed by atoms with Crippen LogP contribution in [0.4, 0.5) is 5.69 Å². The third-order valence-electron chi connectivity index (χ3n) is 3.18. The summed E-state index contributed by atoms with van der Waals surface area (Å²) in [6, 6.07) is 15.5. The summed E-state index contributed by atoms with van der Waals surface area (Å²) in [6.45, 7) is 0. The van der Waals surface area contributed by atoms with Crippen LogP contribution in [0, 0.1) is 0 Å². The van der Waals surface area contributed by atoms with Crippen molar-refractivity contribution in [1.82, 2.24) is 10.2 Å². The summed E-state index contributed by atoms with van der Waals surface area (Å²) in [5.41, 5.74) is 1.46. The molecule has 0 aliphatic rings. The molecule has 1 heterocycles. The lowest BCUT2D eigenvalue weighted by atomic mass is 10.2. The number of amides is 1. The van der Waals surface area contributed by atoms with E-state index < -0.39 is 11.9 Å².